The van der Waals surface area contributed by atoms with E-state index in [0.29, 0.717) is 5.56 Å². The number of rotatable bonds is 3. The van der Waals surface area contributed by atoms with Crippen molar-refractivity contribution in [3.63, 3.8) is 0 Å². The largest absolute Gasteiger partial charge is 0.435 e. The Bertz CT molecular complexity index is 658. The molecule has 2 aromatic rings. The van der Waals surface area contributed by atoms with E-state index in [4.69, 9.17) is 33.2 Å². The minimum atomic E-state index is -0.672. The minimum absolute atomic E-state index is 0.0346. The quantitative estimate of drug-likeness (QED) is 0.640. The highest BCUT2D eigenvalue weighted by atomic mass is 35.5. The molecule has 0 atom stereocenters. The maximum Gasteiger partial charge on any atom is 0.228 e. The van der Waals surface area contributed by atoms with Crippen LogP contribution in [-0.2, 0) is 5.88 Å². The predicted molar refractivity (Wildman–Crippen MR) is 67.8 cm³/mol. The number of alkyl halides is 1. The predicted octanol–water partition coefficient (Wildman–Crippen LogP) is 3.67. The van der Waals surface area contributed by atoms with E-state index in [2.05, 4.69) is 9.97 Å². The molecule has 7 heteroatoms. The first kappa shape index (κ1) is 13.5. The van der Waals surface area contributed by atoms with Crippen LogP contribution in [0.1, 0.15) is 11.1 Å². The number of hydrogen-bond donors (Lipinski definition) is 0. The van der Waals surface area contributed by atoms with Gasteiger partial charge in [-0.3, -0.25) is 0 Å². The topological polar surface area (TPSA) is 58.8 Å². The molecule has 0 N–H and O–H groups in total. The van der Waals surface area contributed by atoms with Crippen molar-refractivity contribution in [3.05, 3.63) is 46.6 Å². The van der Waals surface area contributed by atoms with Crippen LogP contribution in [-0.4, -0.2) is 9.97 Å². The van der Waals surface area contributed by atoms with Gasteiger partial charge in [-0.1, -0.05) is 11.6 Å². The third kappa shape index (κ3) is 2.92. The third-order valence-corrected chi connectivity index (χ3v) is 2.85. The van der Waals surface area contributed by atoms with Crippen molar-refractivity contribution >= 4 is 23.2 Å². The highest BCUT2D eigenvalue weighted by Crippen LogP contribution is 2.29. The average molecular weight is 298 g/mol. The number of benzene rings is 1. The maximum atomic E-state index is 13.7. The van der Waals surface area contributed by atoms with Gasteiger partial charge in [-0.15, -0.1) is 11.6 Å². The van der Waals surface area contributed by atoms with E-state index in [1.165, 1.54) is 18.5 Å². The van der Waals surface area contributed by atoms with Gasteiger partial charge in [-0.25, -0.2) is 14.4 Å². The molecule has 0 unspecified atom stereocenters. The summed E-state index contributed by atoms with van der Waals surface area (Å²) in [6, 6.07) is 5.66. The zero-order chi connectivity index (χ0) is 13.8. The third-order valence-electron chi connectivity index (χ3n) is 2.25. The highest BCUT2D eigenvalue weighted by molar-refractivity contribution is 6.31. The standard InChI is InChI=1S/C12H6Cl2FN3O/c13-4-8-11(14)17-6-18-12(8)19-10-2-1-7(5-16)3-9(10)15/h1-3,6H,4H2. The Morgan fingerprint density at radius 2 is 2.16 bits per heavy atom. The second-order valence-corrected chi connectivity index (χ2v) is 4.07. The van der Waals surface area contributed by atoms with Crippen molar-refractivity contribution in [1.29, 1.82) is 5.26 Å². The van der Waals surface area contributed by atoms with Gasteiger partial charge >= 0.3 is 0 Å². The molecule has 0 fully saturated rings. The molecule has 0 saturated carbocycles. The molecule has 0 radical (unpaired) electrons. The molecule has 1 aromatic carbocycles. The van der Waals surface area contributed by atoms with E-state index in [1.807, 2.05) is 6.07 Å². The van der Waals surface area contributed by atoms with Gasteiger partial charge in [-0.2, -0.15) is 5.26 Å². The molecule has 0 bridgehead atoms. The number of aromatic nitrogens is 2. The van der Waals surface area contributed by atoms with Gasteiger partial charge in [0.2, 0.25) is 5.88 Å². The van der Waals surface area contributed by atoms with Crippen molar-refractivity contribution in [2.75, 3.05) is 0 Å². The molecular formula is C12H6Cl2FN3O. The van der Waals surface area contributed by atoms with Gasteiger partial charge in [0.1, 0.15) is 11.5 Å². The molecule has 2 rings (SSSR count). The molecule has 0 aliphatic heterocycles. The van der Waals surface area contributed by atoms with Crippen LogP contribution in [0, 0.1) is 17.1 Å². The van der Waals surface area contributed by atoms with Crippen LogP contribution in [0.3, 0.4) is 0 Å². The monoisotopic (exact) mass is 297 g/mol. The lowest BCUT2D eigenvalue weighted by Gasteiger charge is -2.09. The van der Waals surface area contributed by atoms with E-state index in [0.717, 1.165) is 6.07 Å². The molecule has 0 amide bonds. The first-order valence-corrected chi connectivity index (χ1v) is 5.99. The number of nitriles is 1. The zero-order valence-electron chi connectivity index (χ0n) is 9.40. The first-order valence-electron chi connectivity index (χ1n) is 5.08. The van der Waals surface area contributed by atoms with E-state index in [9.17, 15) is 4.39 Å². The summed E-state index contributed by atoms with van der Waals surface area (Å²) in [4.78, 5) is 7.61. The maximum absolute atomic E-state index is 13.7. The summed E-state index contributed by atoms with van der Waals surface area (Å²) in [5.74, 6) is -0.625. The van der Waals surface area contributed by atoms with E-state index < -0.39 is 5.82 Å². The van der Waals surface area contributed by atoms with Crippen LogP contribution in [0.15, 0.2) is 24.5 Å². The molecule has 0 saturated heterocycles. The smallest absolute Gasteiger partial charge is 0.228 e. The summed E-state index contributed by atoms with van der Waals surface area (Å²) in [5, 5.41) is 8.80. The van der Waals surface area contributed by atoms with Gasteiger partial charge in [0.15, 0.2) is 11.6 Å². The molecular weight excluding hydrogens is 292 g/mol. The molecule has 0 spiro atoms. The summed E-state index contributed by atoms with van der Waals surface area (Å²) < 4.78 is 19.0. The number of nitrogens with zero attached hydrogens (tertiary/aromatic N) is 3. The van der Waals surface area contributed by atoms with Gasteiger partial charge in [0.25, 0.3) is 0 Å². The lowest BCUT2D eigenvalue weighted by Crippen LogP contribution is -1.97. The fourth-order valence-corrected chi connectivity index (χ4v) is 1.83. The fraction of sp³-hybridized carbons (Fsp3) is 0.0833. The average Bonchev–Trinajstić information content (AvgIpc) is 2.41. The Morgan fingerprint density at radius 3 is 2.79 bits per heavy atom. The number of hydrogen-bond acceptors (Lipinski definition) is 4. The SMILES string of the molecule is N#Cc1ccc(Oc2ncnc(Cl)c2CCl)c(F)c1. The number of ether oxygens (including phenoxy) is 1. The second kappa shape index (κ2) is 5.83. The van der Waals surface area contributed by atoms with Crippen molar-refractivity contribution in [3.8, 4) is 17.7 Å². The molecule has 96 valence electrons. The molecule has 1 heterocycles. The van der Waals surface area contributed by atoms with Gasteiger partial charge < -0.3 is 4.74 Å². The zero-order valence-corrected chi connectivity index (χ0v) is 10.9. The molecule has 19 heavy (non-hydrogen) atoms. The van der Waals surface area contributed by atoms with Crippen LogP contribution in [0.25, 0.3) is 0 Å². The number of halogens is 3. The summed E-state index contributed by atoms with van der Waals surface area (Å²) in [7, 11) is 0. The van der Waals surface area contributed by atoms with Gasteiger partial charge in [-0.05, 0) is 18.2 Å². The van der Waals surface area contributed by atoms with E-state index >= 15 is 0 Å². The van der Waals surface area contributed by atoms with Gasteiger partial charge in [0.05, 0.1) is 23.1 Å². The summed E-state index contributed by atoms with van der Waals surface area (Å²) in [6.07, 6.45) is 1.19. The van der Waals surface area contributed by atoms with Crippen molar-refractivity contribution < 1.29 is 9.13 Å². The summed E-state index contributed by atoms with van der Waals surface area (Å²) in [5.41, 5.74) is 0.567. The van der Waals surface area contributed by atoms with Crippen molar-refractivity contribution in [1.82, 2.24) is 9.97 Å². The summed E-state index contributed by atoms with van der Waals surface area (Å²) >= 11 is 11.5. The van der Waals surface area contributed by atoms with Crippen LogP contribution in [0.5, 0.6) is 11.6 Å². The molecule has 0 aliphatic rings. The Kier molecular flexibility index (Phi) is 4.15. The van der Waals surface area contributed by atoms with E-state index in [1.54, 1.807) is 0 Å². The first-order chi connectivity index (χ1) is 9.15. The van der Waals surface area contributed by atoms with Crippen LogP contribution >= 0.6 is 23.2 Å². The van der Waals surface area contributed by atoms with Crippen LogP contribution in [0.4, 0.5) is 4.39 Å². The van der Waals surface area contributed by atoms with Crippen molar-refractivity contribution in [2.45, 2.75) is 5.88 Å². The normalized spacial score (nSPS) is 10.0. The van der Waals surface area contributed by atoms with Gasteiger partial charge in [0, 0.05) is 0 Å². The van der Waals surface area contributed by atoms with Crippen molar-refractivity contribution in [2.24, 2.45) is 0 Å². The summed E-state index contributed by atoms with van der Waals surface area (Å²) in [6.45, 7) is 0. The molecule has 4 nitrogen and oxygen atoms in total. The minimum Gasteiger partial charge on any atom is -0.435 e. The molecule has 1 aromatic heterocycles. The fourth-order valence-electron chi connectivity index (χ4n) is 1.33. The lowest BCUT2D eigenvalue weighted by molar-refractivity contribution is 0.423. The molecule has 0 aliphatic carbocycles. The second-order valence-electron chi connectivity index (χ2n) is 3.44. The Labute approximate surface area is 118 Å². The van der Waals surface area contributed by atoms with E-state index in [-0.39, 0.29) is 28.2 Å². The van der Waals surface area contributed by atoms with Crippen LogP contribution in [0.2, 0.25) is 5.15 Å². The Hall–Kier alpha value is -1.90. The van der Waals surface area contributed by atoms with Crippen LogP contribution < -0.4 is 4.74 Å². The lowest BCUT2D eigenvalue weighted by atomic mass is 10.2. The highest BCUT2D eigenvalue weighted by Gasteiger charge is 2.13. The Balaban J connectivity index is 2.37. The Morgan fingerprint density at radius 1 is 1.37 bits per heavy atom.